The van der Waals surface area contributed by atoms with Gasteiger partial charge in [-0.15, -0.1) is 0 Å². The predicted molar refractivity (Wildman–Crippen MR) is 79.6 cm³/mol. The van der Waals surface area contributed by atoms with Crippen LogP contribution in [0.4, 0.5) is 11.5 Å². The van der Waals surface area contributed by atoms with Gasteiger partial charge in [0.15, 0.2) is 5.82 Å². The van der Waals surface area contributed by atoms with Crippen LogP contribution in [0.1, 0.15) is 41.0 Å². The first-order chi connectivity index (χ1) is 8.97. The number of rotatable bonds is 7. The van der Waals surface area contributed by atoms with Crippen LogP contribution in [0.2, 0.25) is 0 Å². The Morgan fingerprint density at radius 1 is 1.26 bits per heavy atom. The summed E-state index contributed by atoms with van der Waals surface area (Å²) < 4.78 is 5.56. The summed E-state index contributed by atoms with van der Waals surface area (Å²) in [6.07, 6.45) is 2.45. The number of ether oxygens (including phenoxy) is 1. The van der Waals surface area contributed by atoms with Gasteiger partial charge in [-0.2, -0.15) is 4.98 Å². The monoisotopic (exact) mass is 266 g/mol. The summed E-state index contributed by atoms with van der Waals surface area (Å²) in [7, 11) is 0. The smallest absolute Gasteiger partial charge is 0.242 e. The van der Waals surface area contributed by atoms with Crippen molar-refractivity contribution in [2.24, 2.45) is 5.92 Å². The molecule has 1 heterocycles. The van der Waals surface area contributed by atoms with Crippen molar-refractivity contribution in [3.05, 3.63) is 6.33 Å². The first kappa shape index (κ1) is 15.5. The van der Waals surface area contributed by atoms with Crippen molar-refractivity contribution in [1.29, 1.82) is 0 Å². The second kappa shape index (κ2) is 7.16. The van der Waals surface area contributed by atoms with Crippen LogP contribution in [0.25, 0.3) is 0 Å². The number of hydrogen-bond donors (Lipinski definition) is 1. The highest BCUT2D eigenvalue weighted by molar-refractivity contribution is 5.68. The summed E-state index contributed by atoms with van der Waals surface area (Å²) in [5.74, 6) is 1.79. The molecule has 5 nitrogen and oxygen atoms in total. The van der Waals surface area contributed by atoms with Gasteiger partial charge in [-0.1, -0.05) is 20.8 Å². The third kappa shape index (κ3) is 4.26. The molecule has 108 valence electrons. The zero-order chi connectivity index (χ0) is 14.4. The molecule has 0 saturated heterocycles. The molecule has 0 aliphatic carbocycles. The van der Waals surface area contributed by atoms with E-state index in [1.807, 2.05) is 0 Å². The second-order valence-electron chi connectivity index (χ2n) is 5.40. The Morgan fingerprint density at radius 3 is 2.47 bits per heavy atom. The second-order valence-corrected chi connectivity index (χ2v) is 5.40. The maximum atomic E-state index is 6.15. The molecule has 0 amide bonds. The molecule has 5 heteroatoms. The maximum Gasteiger partial charge on any atom is 0.242 e. The molecule has 0 aromatic carbocycles. The quantitative estimate of drug-likeness (QED) is 0.822. The van der Waals surface area contributed by atoms with E-state index in [0.717, 1.165) is 18.8 Å². The minimum Gasteiger partial charge on any atom is -0.476 e. The van der Waals surface area contributed by atoms with Crippen LogP contribution in [-0.4, -0.2) is 29.2 Å². The maximum absolute atomic E-state index is 6.15. The SMILES string of the molecule is CCCOc1ncnc(N(CC(C)C)C(C)C)c1N. The van der Waals surface area contributed by atoms with Gasteiger partial charge in [-0.05, 0) is 26.2 Å². The van der Waals surface area contributed by atoms with Crippen LogP contribution < -0.4 is 15.4 Å². The molecule has 1 rings (SSSR count). The van der Waals surface area contributed by atoms with Crippen molar-refractivity contribution >= 4 is 11.5 Å². The fourth-order valence-electron chi connectivity index (χ4n) is 1.85. The molecule has 19 heavy (non-hydrogen) atoms. The van der Waals surface area contributed by atoms with Crippen molar-refractivity contribution in [1.82, 2.24) is 9.97 Å². The van der Waals surface area contributed by atoms with E-state index in [0.29, 0.717) is 30.1 Å². The summed E-state index contributed by atoms with van der Waals surface area (Å²) in [6.45, 7) is 12.2. The van der Waals surface area contributed by atoms with Gasteiger partial charge in [0.1, 0.15) is 12.0 Å². The van der Waals surface area contributed by atoms with E-state index in [2.05, 4.69) is 49.5 Å². The molecule has 0 saturated carbocycles. The van der Waals surface area contributed by atoms with Gasteiger partial charge in [-0.25, -0.2) is 4.98 Å². The zero-order valence-electron chi connectivity index (χ0n) is 12.7. The van der Waals surface area contributed by atoms with Crippen LogP contribution in [0, 0.1) is 5.92 Å². The highest BCUT2D eigenvalue weighted by atomic mass is 16.5. The Hall–Kier alpha value is -1.52. The fourth-order valence-corrected chi connectivity index (χ4v) is 1.85. The largest absolute Gasteiger partial charge is 0.476 e. The Bertz CT molecular complexity index is 393. The third-order valence-electron chi connectivity index (χ3n) is 2.73. The van der Waals surface area contributed by atoms with Gasteiger partial charge >= 0.3 is 0 Å². The lowest BCUT2D eigenvalue weighted by Gasteiger charge is -2.30. The molecule has 0 aliphatic heterocycles. The molecule has 1 aromatic heterocycles. The zero-order valence-corrected chi connectivity index (χ0v) is 12.7. The summed E-state index contributed by atoms with van der Waals surface area (Å²) in [4.78, 5) is 10.6. The molecule has 0 unspecified atom stereocenters. The lowest BCUT2D eigenvalue weighted by atomic mass is 10.1. The third-order valence-corrected chi connectivity index (χ3v) is 2.73. The van der Waals surface area contributed by atoms with E-state index in [-0.39, 0.29) is 0 Å². The van der Waals surface area contributed by atoms with Crippen molar-refractivity contribution in [2.45, 2.75) is 47.1 Å². The molecular weight excluding hydrogens is 240 g/mol. The van der Waals surface area contributed by atoms with E-state index < -0.39 is 0 Å². The van der Waals surface area contributed by atoms with Crippen LogP contribution in [0.3, 0.4) is 0 Å². The fraction of sp³-hybridized carbons (Fsp3) is 0.714. The average molecular weight is 266 g/mol. The van der Waals surface area contributed by atoms with Gasteiger partial charge in [0.2, 0.25) is 5.88 Å². The Kier molecular flexibility index (Phi) is 5.86. The van der Waals surface area contributed by atoms with Crippen LogP contribution in [0.5, 0.6) is 5.88 Å². The van der Waals surface area contributed by atoms with Gasteiger partial charge < -0.3 is 15.4 Å². The number of anilines is 2. The summed E-state index contributed by atoms with van der Waals surface area (Å²) >= 11 is 0. The number of aromatic nitrogens is 2. The van der Waals surface area contributed by atoms with E-state index in [1.54, 1.807) is 0 Å². The van der Waals surface area contributed by atoms with Gasteiger partial charge in [0.05, 0.1) is 6.61 Å². The lowest BCUT2D eigenvalue weighted by molar-refractivity contribution is 0.306. The number of hydrogen-bond acceptors (Lipinski definition) is 5. The minimum absolute atomic E-state index is 0.332. The highest BCUT2D eigenvalue weighted by Crippen LogP contribution is 2.29. The molecule has 0 spiro atoms. The van der Waals surface area contributed by atoms with Gasteiger partial charge in [0.25, 0.3) is 0 Å². The van der Waals surface area contributed by atoms with Crippen molar-refractivity contribution in [2.75, 3.05) is 23.8 Å². The summed E-state index contributed by atoms with van der Waals surface area (Å²) in [5, 5.41) is 0. The Balaban J connectivity index is 3.02. The Labute approximate surface area is 116 Å². The molecule has 0 aliphatic rings. The standard InChI is InChI=1S/C14H26N4O/c1-6-7-19-14-12(15)13(16-9-17-14)18(11(4)5)8-10(2)3/h9-11H,6-8,15H2,1-5H3. The van der Waals surface area contributed by atoms with Gasteiger partial charge in [-0.3, -0.25) is 0 Å². The highest BCUT2D eigenvalue weighted by Gasteiger charge is 2.19. The van der Waals surface area contributed by atoms with E-state index in [4.69, 9.17) is 10.5 Å². The minimum atomic E-state index is 0.332. The van der Waals surface area contributed by atoms with Crippen LogP contribution >= 0.6 is 0 Å². The van der Waals surface area contributed by atoms with Crippen molar-refractivity contribution in [3.8, 4) is 5.88 Å². The van der Waals surface area contributed by atoms with Crippen molar-refractivity contribution in [3.63, 3.8) is 0 Å². The molecule has 0 fully saturated rings. The van der Waals surface area contributed by atoms with Crippen molar-refractivity contribution < 1.29 is 4.74 Å². The predicted octanol–water partition coefficient (Wildman–Crippen LogP) is 2.72. The average Bonchev–Trinajstić information content (AvgIpc) is 2.34. The van der Waals surface area contributed by atoms with E-state index in [9.17, 15) is 0 Å². The first-order valence-electron chi connectivity index (χ1n) is 6.97. The number of nitrogens with zero attached hydrogens (tertiary/aromatic N) is 3. The van der Waals surface area contributed by atoms with Crippen LogP contribution in [0.15, 0.2) is 6.33 Å². The number of nitrogen functional groups attached to an aromatic ring is 1. The molecule has 1 aromatic rings. The lowest BCUT2D eigenvalue weighted by Crippen LogP contribution is -2.35. The Morgan fingerprint density at radius 2 is 1.95 bits per heavy atom. The van der Waals surface area contributed by atoms with Crippen LogP contribution in [-0.2, 0) is 0 Å². The van der Waals surface area contributed by atoms with E-state index in [1.165, 1.54) is 6.33 Å². The molecule has 0 bridgehead atoms. The molecule has 0 radical (unpaired) electrons. The normalized spacial score (nSPS) is 11.1. The summed E-state index contributed by atoms with van der Waals surface area (Å²) in [5.41, 5.74) is 6.68. The number of nitrogens with two attached hydrogens (primary N) is 1. The molecule has 0 atom stereocenters. The summed E-state index contributed by atoms with van der Waals surface area (Å²) in [6, 6.07) is 0.332. The van der Waals surface area contributed by atoms with E-state index >= 15 is 0 Å². The molecule has 2 N–H and O–H groups in total. The van der Waals surface area contributed by atoms with Gasteiger partial charge in [0, 0.05) is 12.6 Å². The first-order valence-corrected chi connectivity index (χ1v) is 6.97. The molecular formula is C14H26N4O. The topological polar surface area (TPSA) is 64.3 Å².